The quantitative estimate of drug-likeness (QED) is 0.253. The van der Waals surface area contributed by atoms with E-state index in [1.165, 1.54) is 16.9 Å². The molecule has 0 saturated heterocycles. The van der Waals surface area contributed by atoms with Gasteiger partial charge in [0.25, 0.3) is 0 Å². The number of thiophene rings is 1. The van der Waals surface area contributed by atoms with Gasteiger partial charge in [-0.25, -0.2) is 9.78 Å². The van der Waals surface area contributed by atoms with Crippen LogP contribution in [0.5, 0.6) is 0 Å². The van der Waals surface area contributed by atoms with Crippen molar-refractivity contribution in [1.82, 2.24) is 15.0 Å². The molecule has 3 heterocycles. The van der Waals surface area contributed by atoms with E-state index in [-0.39, 0.29) is 17.9 Å². The topological polar surface area (TPSA) is 68.2 Å². The van der Waals surface area contributed by atoms with Gasteiger partial charge in [0, 0.05) is 25.5 Å². The fourth-order valence-electron chi connectivity index (χ4n) is 3.53. The van der Waals surface area contributed by atoms with E-state index in [9.17, 15) is 4.79 Å². The van der Waals surface area contributed by atoms with Crippen molar-refractivity contribution >= 4 is 44.9 Å². The second-order valence-corrected chi connectivity index (χ2v) is 8.64. The van der Waals surface area contributed by atoms with Crippen LogP contribution in [0, 0.1) is 6.92 Å². The molecule has 6 nitrogen and oxygen atoms in total. The summed E-state index contributed by atoms with van der Waals surface area (Å²) in [5, 5.41) is 1.02. The third-order valence-corrected chi connectivity index (χ3v) is 6.58. The van der Waals surface area contributed by atoms with Crippen molar-refractivity contribution in [3.63, 3.8) is 0 Å². The summed E-state index contributed by atoms with van der Waals surface area (Å²) >= 11 is 7.55. The lowest BCUT2D eigenvalue weighted by atomic mass is 10.1. The van der Waals surface area contributed by atoms with Gasteiger partial charge in [-0.2, -0.15) is 4.98 Å². The van der Waals surface area contributed by atoms with Crippen LogP contribution in [0.4, 0.5) is 5.82 Å². The number of pyridine rings is 1. The van der Waals surface area contributed by atoms with Crippen LogP contribution in [0.1, 0.15) is 33.3 Å². The van der Waals surface area contributed by atoms with Crippen molar-refractivity contribution in [3.05, 3.63) is 81.7 Å². The molecule has 164 valence electrons. The Kier molecular flexibility index (Phi) is 6.97. The van der Waals surface area contributed by atoms with Crippen LogP contribution in [-0.2, 0) is 17.8 Å². The Bertz CT molecular complexity index is 1220. The number of hydrogen-bond acceptors (Lipinski definition) is 7. The molecule has 32 heavy (non-hydrogen) atoms. The summed E-state index contributed by atoms with van der Waals surface area (Å²) in [6.45, 7) is 5.71. The second-order valence-electron chi connectivity index (χ2n) is 7.30. The predicted molar refractivity (Wildman–Crippen MR) is 129 cm³/mol. The van der Waals surface area contributed by atoms with E-state index in [0.29, 0.717) is 9.71 Å². The van der Waals surface area contributed by atoms with Gasteiger partial charge >= 0.3 is 5.97 Å². The van der Waals surface area contributed by atoms with E-state index < -0.39 is 0 Å². The van der Waals surface area contributed by atoms with Crippen LogP contribution in [0.15, 0.2) is 54.9 Å². The third kappa shape index (κ3) is 4.89. The minimum Gasteiger partial charge on any atom is -0.457 e. The molecule has 0 bridgehead atoms. The summed E-state index contributed by atoms with van der Waals surface area (Å²) in [7, 11) is 0. The molecule has 3 aromatic heterocycles. The zero-order valence-electron chi connectivity index (χ0n) is 17.9. The first-order valence-corrected chi connectivity index (χ1v) is 11.6. The van der Waals surface area contributed by atoms with Crippen LogP contribution in [0.2, 0.25) is 5.28 Å². The number of nitrogens with zero attached hydrogens (tertiary/aromatic N) is 4. The molecule has 8 heteroatoms. The number of aromatic nitrogens is 3. The molecule has 0 radical (unpaired) electrons. The highest BCUT2D eigenvalue weighted by Crippen LogP contribution is 2.36. The molecule has 0 aliphatic heterocycles. The number of esters is 1. The van der Waals surface area contributed by atoms with Gasteiger partial charge in [0.2, 0.25) is 5.28 Å². The molecular weight excluding hydrogens is 444 g/mol. The van der Waals surface area contributed by atoms with Crippen LogP contribution in [-0.4, -0.2) is 34.0 Å². The number of hydrogen-bond donors (Lipinski definition) is 0. The van der Waals surface area contributed by atoms with Gasteiger partial charge in [0.05, 0.1) is 5.39 Å². The van der Waals surface area contributed by atoms with Crippen molar-refractivity contribution < 1.29 is 9.53 Å². The molecule has 0 spiro atoms. The lowest BCUT2D eigenvalue weighted by Gasteiger charge is -2.23. The minimum atomic E-state index is -0.365. The Morgan fingerprint density at radius 1 is 1.09 bits per heavy atom. The van der Waals surface area contributed by atoms with Gasteiger partial charge in [-0.15, -0.1) is 11.3 Å². The fraction of sp³-hybridized carbons (Fsp3) is 0.250. The lowest BCUT2D eigenvalue weighted by Crippen LogP contribution is -2.26. The molecule has 0 atom stereocenters. The molecule has 4 aromatic rings. The number of aryl methyl sites for hydroxylation is 1. The normalized spacial score (nSPS) is 11.0. The average Bonchev–Trinajstić information content (AvgIpc) is 3.15. The molecule has 0 unspecified atom stereocenters. The molecule has 0 amide bonds. The zero-order chi connectivity index (χ0) is 22.5. The number of halogens is 1. The Hall–Kier alpha value is -3.03. The molecule has 0 N–H and O–H groups in total. The number of ether oxygens (including phenoxy) is 1. The molecule has 0 aliphatic carbocycles. The van der Waals surface area contributed by atoms with Gasteiger partial charge < -0.3 is 9.64 Å². The van der Waals surface area contributed by atoms with Crippen LogP contribution >= 0.6 is 22.9 Å². The Morgan fingerprint density at radius 3 is 2.56 bits per heavy atom. The first-order valence-electron chi connectivity index (χ1n) is 10.4. The van der Waals surface area contributed by atoms with E-state index in [1.807, 2.05) is 49.4 Å². The molecule has 1 aromatic carbocycles. The summed E-state index contributed by atoms with van der Waals surface area (Å²) in [5.74, 6) is 0.378. The maximum atomic E-state index is 12.8. The average molecular weight is 467 g/mol. The zero-order valence-corrected chi connectivity index (χ0v) is 19.5. The van der Waals surface area contributed by atoms with E-state index in [4.69, 9.17) is 16.3 Å². The summed E-state index contributed by atoms with van der Waals surface area (Å²) in [6, 6.07) is 13.6. The number of benzene rings is 1. The molecule has 0 aliphatic rings. The number of carbonyl (C=O) groups excluding carboxylic acids is 1. The Morgan fingerprint density at radius 2 is 1.84 bits per heavy atom. The van der Waals surface area contributed by atoms with E-state index >= 15 is 0 Å². The second kappa shape index (κ2) is 10.1. The van der Waals surface area contributed by atoms with E-state index in [2.05, 4.69) is 26.8 Å². The number of anilines is 1. The standard InChI is InChI=1S/C24H23ClN4O2S/c1-3-29(14-11-17-9-12-26-13-10-17)21-19-16(2)20(32-22(19)28-24(25)27-21)23(30)31-15-18-7-5-4-6-8-18/h4-10,12-13H,3,11,14-15H2,1-2H3. The molecular formula is C24H23ClN4O2S. The summed E-state index contributed by atoms with van der Waals surface area (Å²) < 4.78 is 5.56. The number of carbonyl (C=O) groups is 1. The molecule has 4 rings (SSSR count). The van der Waals surface area contributed by atoms with E-state index in [1.54, 1.807) is 12.4 Å². The number of fused-ring (bicyclic) bond motifs is 1. The van der Waals surface area contributed by atoms with E-state index in [0.717, 1.165) is 41.8 Å². The predicted octanol–water partition coefficient (Wildman–Crippen LogP) is 5.47. The highest BCUT2D eigenvalue weighted by Gasteiger charge is 2.23. The van der Waals surface area contributed by atoms with Crippen molar-refractivity contribution in [2.75, 3.05) is 18.0 Å². The van der Waals surface area contributed by atoms with Gasteiger partial charge in [0.1, 0.15) is 22.1 Å². The van der Waals surface area contributed by atoms with Crippen LogP contribution in [0.25, 0.3) is 10.2 Å². The van der Waals surface area contributed by atoms with Crippen LogP contribution < -0.4 is 4.90 Å². The highest BCUT2D eigenvalue weighted by atomic mass is 35.5. The third-order valence-electron chi connectivity index (χ3n) is 5.24. The van der Waals surface area contributed by atoms with Gasteiger partial charge in [-0.05, 0) is 60.7 Å². The van der Waals surface area contributed by atoms with Crippen molar-refractivity contribution in [2.24, 2.45) is 0 Å². The minimum absolute atomic E-state index is 0.167. The molecule has 0 fully saturated rings. The smallest absolute Gasteiger partial charge is 0.349 e. The summed E-state index contributed by atoms with van der Waals surface area (Å²) in [6.07, 6.45) is 4.43. The largest absolute Gasteiger partial charge is 0.457 e. The number of likely N-dealkylation sites (N-methyl/N-ethyl adjacent to an activating group) is 1. The van der Waals surface area contributed by atoms with Gasteiger partial charge in [-0.1, -0.05) is 30.3 Å². The van der Waals surface area contributed by atoms with Gasteiger partial charge in [-0.3, -0.25) is 4.98 Å². The lowest BCUT2D eigenvalue weighted by molar-refractivity contribution is 0.0478. The SMILES string of the molecule is CCN(CCc1ccncc1)c1nc(Cl)nc2sc(C(=O)OCc3ccccc3)c(C)c12. The maximum absolute atomic E-state index is 12.8. The number of rotatable bonds is 8. The fourth-order valence-corrected chi connectivity index (χ4v) is 4.82. The van der Waals surface area contributed by atoms with Gasteiger partial charge in [0.15, 0.2) is 0 Å². The van der Waals surface area contributed by atoms with Crippen molar-refractivity contribution in [2.45, 2.75) is 26.9 Å². The highest BCUT2D eigenvalue weighted by molar-refractivity contribution is 7.20. The first kappa shape index (κ1) is 22.2. The van der Waals surface area contributed by atoms with Crippen molar-refractivity contribution in [3.8, 4) is 0 Å². The Balaban J connectivity index is 1.61. The van der Waals surface area contributed by atoms with Crippen LogP contribution in [0.3, 0.4) is 0 Å². The summed E-state index contributed by atoms with van der Waals surface area (Å²) in [5.41, 5.74) is 2.95. The summed E-state index contributed by atoms with van der Waals surface area (Å²) in [4.78, 5) is 29.2. The first-order chi connectivity index (χ1) is 15.6. The monoisotopic (exact) mass is 466 g/mol. The molecule has 0 saturated carbocycles. The maximum Gasteiger partial charge on any atom is 0.349 e. The Labute approximate surface area is 195 Å². The van der Waals surface area contributed by atoms with Crippen molar-refractivity contribution in [1.29, 1.82) is 0 Å².